The van der Waals surface area contributed by atoms with E-state index in [1.54, 1.807) is 18.2 Å². The topological polar surface area (TPSA) is 41.1 Å². The highest BCUT2D eigenvalue weighted by atomic mass is 79.9. The zero-order valence-electron chi connectivity index (χ0n) is 9.30. The first-order valence-electron chi connectivity index (χ1n) is 5.63. The summed E-state index contributed by atoms with van der Waals surface area (Å²) in [6.07, 6.45) is 1.97. The lowest BCUT2D eigenvalue weighted by Gasteiger charge is -2.23. The molecule has 1 saturated heterocycles. The molecule has 1 amide bonds. The summed E-state index contributed by atoms with van der Waals surface area (Å²) in [7, 11) is 0. The average Bonchev–Trinajstić information content (AvgIpc) is 2.30. The van der Waals surface area contributed by atoms with Crippen LogP contribution in [0, 0.1) is 0 Å². The Kier molecular flexibility index (Phi) is 4.42. The molecular weight excluding hydrogens is 304 g/mol. The van der Waals surface area contributed by atoms with Gasteiger partial charge in [0.25, 0.3) is 5.91 Å². The summed E-state index contributed by atoms with van der Waals surface area (Å²) in [6, 6.07) is 5.47. The van der Waals surface area contributed by atoms with Crippen LogP contribution in [0.1, 0.15) is 23.2 Å². The number of carbonyl (C=O) groups is 1. The van der Waals surface area contributed by atoms with E-state index in [9.17, 15) is 4.79 Å². The van der Waals surface area contributed by atoms with Crippen LogP contribution in [0.4, 0.5) is 0 Å². The first-order chi connectivity index (χ1) is 8.16. The molecule has 1 aromatic carbocycles. The smallest absolute Gasteiger partial charge is 0.252 e. The van der Waals surface area contributed by atoms with Crippen molar-refractivity contribution in [1.82, 2.24) is 10.6 Å². The summed E-state index contributed by atoms with van der Waals surface area (Å²) in [4.78, 5) is 12.0. The van der Waals surface area contributed by atoms with E-state index >= 15 is 0 Å². The van der Waals surface area contributed by atoms with Crippen LogP contribution in [0.25, 0.3) is 0 Å². The molecule has 0 aliphatic carbocycles. The molecule has 0 aromatic heterocycles. The van der Waals surface area contributed by atoms with Gasteiger partial charge in [-0.3, -0.25) is 4.79 Å². The van der Waals surface area contributed by atoms with Gasteiger partial charge in [-0.25, -0.2) is 0 Å². The maximum Gasteiger partial charge on any atom is 0.252 e. The number of halogens is 2. The molecule has 5 heteroatoms. The standard InChI is InChI=1S/C12H14BrClN2O/c13-11-7-8(14)1-2-10(11)12(17)16-9-3-5-15-6-4-9/h1-2,7,9,15H,3-6H2,(H,16,17). The van der Waals surface area contributed by atoms with Gasteiger partial charge in [0.05, 0.1) is 5.56 Å². The zero-order chi connectivity index (χ0) is 12.3. The van der Waals surface area contributed by atoms with Crippen LogP contribution in [-0.2, 0) is 0 Å². The van der Waals surface area contributed by atoms with E-state index in [-0.39, 0.29) is 11.9 Å². The normalized spacial score (nSPS) is 16.8. The number of amides is 1. The van der Waals surface area contributed by atoms with E-state index in [0.717, 1.165) is 30.4 Å². The minimum atomic E-state index is -0.0413. The van der Waals surface area contributed by atoms with Crippen LogP contribution in [0.5, 0.6) is 0 Å². The van der Waals surface area contributed by atoms with Crippen LogP contribution in [0.15, 0.2) is 22.7 Å². The number of piperidine rings is 1. The van der Waals surface area contributed by atoms with E-state index in [1.165, 1.54) is 0 Å². The minimum absolute atomic E-state index is 0.0413. The first kappa shape index (κ1) is 12.9. The van der Waals surface area contributed by atoms with E-state index in [0.29, 0.717) is 10.6 Å². The molecule has 2 N–H and O–H groups in total. The third-order valence-corrected chi connectivity index (χ3v) is 3.74. The number of nitrogens with one attached hydrogen (secondary N) is 2. The first-order valence-corrected chi connectivity index (χ1v) is 6.80. The molecule has 3 nitrogen and oxygen atoms in total. The van der Waals surface area contributed by atoms with Crippen molar-refractivity contribution in [2.45, 2.75) is 18.9 Å². The largest absolute Gasteiger partial charge is 0.349 e. The predicted octanol–water partition coefficient (Wildman–Crippen LogP) is 2.58. The van der Waals surface area contributed by atoms with E-state index in [1.807, 2.05) is 0 Å². The Labute approximate surface area is 114 Å². The molecule has 1 aromatic rings. The molecule has 0 bridgehead atoms. The summed E-state index contributed by atoms with van der Waals surface area (Å²) in [5.41, 5.74) is 0.632. The number of carbonyl (C=O) groups excluding carboxylic acids is 1. The van der Waals surface area contributed by atoms with Gasteiger partial charge >= 0.3 is 0 Å². The Morgan fingerprint density at radius 3 is 2.76 bits per heavy atom. The lowest BCUT2D eigenvalue weighted by molar-refractivity contribution is 0.0929. The molecule has 1 aliphatic heterocycles. The van der Waals surface area contributed by atoms with Gasteiger partial charge in [-0.05, 0) is 60.1 Å². The fourth-order valence-corrected chi connectivity index (χ4v) is 2.77. The second kappa shape index (κ2) is 5.85. The molecule has 0 saturated carbocycles. The molecule has 0 spiro atoms. The van der Waals surface area contributed by atoms with Gasteiger partial charge < -0.3 is 10.6 Å². The monoisotopic (exact) mass is 316 g/mol. The predicted molar refractivity (Wildman–Crippen MR) is 72.5 cm³/mol. The van der Waals surface area contributed by atoms with E-state index in [4.69, 9.17) is 11.6 Å². The summed E-state index contributed by atoms with van der Waals surface area (Å²) in [5, 5.41) is 6.93. The Hall–Kier alpha value is -0.580. The summed E-state index contributed by atoms with van der Waals surface area (Å²) >= 11 is 9.20. The van der Waals surface area contributed by atoms with Crippen molar-refractivity contribution in [1.29, 1.82) is 0 Å². The van der Waals surface area contributed by atoms with Crippen LogP contribution in [-0.4, -0.2) is 25.0 Å². The summed E-state index contributed by atoms with van der Waals surface area (Å²) in [5.74, 6) is -0.0413. The van der Waals surface area contributed by atoms with Gasteiger partial charge in [0.15, 0.2) is 0 Å². The molecule has 1 aliphatic rings. The van der Waals surface area contributed by atoms with Crippen LogP contribution >= 0.6 is 27.5 Å². The van der Waals surface area contributed by atoms with Crippen molar-refractivity contribution >= 4 is 33.4 Å². The maximum atomic E-state index is 12.0. The Bertz CT molecular complexity index is 419. The van der Waals surface area contributed by atoms with Crippen molar-refractivity contribution < 1.29 is 4.79 Å². The fourth-order valence-electron chi connectivity index (χ4n) is 1.90. The SMILES string of the molecule is O=C(NC1CCNCC1)c1ccc(Cl)cc1Br. The van der Waals surface area contributed by atoms with E-state index < -0.39 is 0 Å². The molecule has 2 rings (SSSR count). The molecule has 17 heavy (non-hydrogen) atoms. The number of hydrogen-bond donors (Lipinski definition) is 2. The van der Waals surface area contributed by atoms with Gasteiger partial charge in [0, 0.05) is 15.5 Å². The third kappa shape index (κ3) is 3.44. The molecule has 0 atom stereocenters. The van der Waals surface area contributed by atoms with Gasteiger partial charge in [-0.15, -0.1) is 0 Å². The fraction of sp³-hybridized carbons (Fsp3) is 0.417. The Morgan fingerprint density at radius 1 is 1.41 bits per heavy atom. The maximum absolute atomic E-state index is 12.0. The third-order valence-electron chi connectivity index (χ3n) is 2.85. The van der Waals surface area contributed by atoms with Crippen molar-refractivity contribution in [3.8, 4) is 0 Å². The number of benzene rings is 1. The quantitative estimate of drug-likeness (QED) is 0.880. The summed E-state index contributed by atoms with van der Waals surface area (Å²) < 4.78 is 0.733. The molecule has 0 unspecified atom stereocenters. The van der Waals surface area contributed by atoms with Crippen molar-refractivity contribution in [2.24, 2.45) is 0 Å². The lowest BCUT2D eigenvalue weighted by Crippen LogP contribution is -2.42. The highest BCUT2D eigenvalue weighted by molar-refractivity contribution is 9.10. The minimum Gasteiger partial charge on any atom is -0.349 e. The van der Waals surface area contributed by atoms with Gasteiger partial charge in [-0.1, -0.05) is 11.6 Å². The Balaban J connectivity index is 2.03. The number of hydrogen-bond acceptors (Lipinski definition) is 2. The molecule has 1 fully saturated rings. The highest BCUT2D eigenvalue weighted by Gasteiger charge is 2.17. The summed E-state index contributed by atoms with van der Waals surface area (Å²) in [6.45, 7) is 1.93. The number of rotatable bonds is 2. The van der Waals surface area contributed by atoms with Gasteiger partial charge in [-0.2, -0.15) is 0 Å². The lowest BCUT2D eigenvalue weighted by atomic mass is 10.1. The molecule has 1 heterocycles. The van der Waals surface area contributed by atoms with Crippen LogP contribution in [0.3, 0.4) is 0 Å². The molecule has 0 radical (unpaired) electrons. The van der Waals surface area contributed by atoms with Crippen molar-refractivity contribution in [3.63, 3.8) is 0 Å². The second-order valence-electron chi connectivity index (χ2n) is 4.12. The zero-order valence-corrected chi connectivity index (χ0v) is 11.6. The van der Waals surface area contributed by atoms with Crippen LogP contribution in [0.2, 0.25) is 5.02 Å². The van der Waals surface area contributed by atoms with E-state index in [2.05, 4.69) is 26.6 Å². The Morgan fingerprint density at radius 2 is 2.12 bits per heavy atom. The molecule has 92 valence electrons. The van der Waals surface area contributed by atoms with Crippen LogP contribution < -0.4 is 10.6 Å². The average molecular weight is 318 g/mol. The van der Waals surface area contributed by atoms with Gasteiger partial charge in [0.1, 0.15) is 0 Å². The molecular formula is C12H14BrClN2O. The van der Waals surface area contributed by atoms with Gasteiger partial charge in [0.2, 0.25) is 0 Å². The second-order valence-corrected chi connectivity index (χ2v) is 5.41. The van der Waals surface area contributed by atoms with Crippen molar-refractivity contribution in [2.75, 3.05) is 13.1 Å². The van der Waals surface area contributed by atoms with Crippen molar-refractivity contribution in [3.05, 3.63) is 33.3 Å². The highest BCUT2D eigenvalue weighted by Crippen LogP contribution is 2.21.